The van der Waals surface area contributed by atoms with Crippen LogP contribution in [0.1, 0.15) is 18.0 Å². The van der Waals surface area contributed by atoms with Crippen LogP contribution in [-0.2, 0) is 16.1 Å². The van der Waals surface area contributed by atoms with Crippen LogP contribution in [0.5, 0.6) is 0 Å². The molecular weight excluding hydrogens is 396 g/mol. The molecule has 8 nitrogen and oxygen atoms in total. The number of para-hydroxylation sites is 2. The van der Waals surface area contributed by atoms with Gasteiger partial charge in [-0.2, -0.15) is 8.78 Å². The van der Waals surface area contributed by atoms with Gasteiger partial charge in [-0.15, -0.1) is 10.2 Å². The number of ether oxygens (including phenoxy) is 1. The summed E-state index contributed by atoms with van der Waals surface area (Å²) in [5, 5.41) is 6.91. The molecule has 1 aliphatic heterocycles. The highest BCUT2D eigenvalue weighted by Gasteiger charge is 2.26. The number of alkyl halides is 2. The highest BCUT2D eigenvalue weighted by atomic mass is 19.3. The van der Waals surface area contributed by atoms with E-state index in [9.17, 15) is 13.6 Å². The molecule has 0 saturated carbocycles. The molecule has 4 rings (SSSR count). The van der Waals surface area contributed by atoms with Gasteiger partial charge in [0.25, 0.3) is 5.89 Å². The number of carbonyl (C=O) groups excluding carboxylic acids is 1. The van der Waals surface area contributed by atoms with Crippen molar-refractivity contribution in [1.29, 1.82) is 0 Å². The SMILES string of the molecule is CN(c1ccccc1N(C=O)Cc1ccc(-c2nnc(C(F)F)o2)cn1)C1COC1. The Kier molecular flexibility index (Phi) is 5.66. The molecule has 30 heavy (non-hydrogen) atoms. The lowest BCUT2D eigenvalue weighted by atomic mass is 10.1. The number of anilines is 2. The van der Waals surface area contributed by atoms with Crippen LogP contribution in [0, 0.1) is 0 Å². The molecule has 0 N–H and O–H groups in total. The number of amides is 1. The molecule has 0 bridgehead atoms. The maximum atomic E-state index is 12.6. The van der Waals surface area contributed by atoms with Gasteiger partial charge in [0, 0.05) is 13.2 Å². The van der Waals surface area contributed by atoms with E-state index in [2.05, 4.69) is 20.1 Å². The van der Waals surface area contributed by atoms with Crippen molar-refractivity contribution in [1.82, 2.24) is 15.2 Å². The Hall–Kier alpha value is -3.40. The largest absolute Gasteiger partial charge is 0.415 e. The normalized spacial score (nSPS) is 13.9. The minimum absolute atomic E-state index is 0.0359. The summed E-state index contributed by atoms with van der Waals surface area (Å²) in [6, 6.07) is 11.2. The topological polar surface area (TPSA) is 84.6 Å². The zero-order chi connectivity index (χ0) is 21.1. The molecule has 0 spiro atoms. The molecule has 3 aromatic rings. The summed E-state index contributed by atoms with van der Waals surface area (Å²) in [4.78, 5) is 19.8. The van der Waals surface area contributed by atoms with Crippen LogP contribution in [0.15, 0.2) is 47.0 Å². The number of nitrogens with zero attached hydrogens (tertiary/aromatic N) is 5. The summed E-state index contributed by atoms with van der Waals surface area (Å²) in [7, 11) is 1.97. The molecule has 0 radical (unpaired) electrons. The Labute approximate surface area is 171 Å². The summed E-state index contributed by atoms with van der Waals surface area (Å²) >= 11 is 0. The fraction of sp³-hybridized carbons (Fsp3) is 0.300. The number of benzene rings is 1. The van der Waals surface area contributed by atoms with E-state index in [1.165, 1.54) is 6.20 Å². The molecule has 0 atom stereocenters. The second-order valence-corrected chi connectivity index (χ2v) is 6.81. The first-order valence-corrected chi connectivity index (χ1v) is 9.25. The van der Waals surface area contributed by atoms with Gasteiger partial charge in [-0.05, 0) is 24.3 Å². The Bertz CT molecular complexity index is 1010. The molecule has 0 aliphatic carbocycles. The van der Waals surface area contributed by atoms with Crippen molar-refractivity contribution in [2.24, 2.45) is 0 Å². The van der Waals surface area contributed by atoms with E-state index >= 15 is 0 Å². The number of likely N-dealkylation sites (N-methyl/N-ethyl adjacent to an activating group) is 1. The van der Waals surface area contributed by atoms with Crippen molar-refractivity contribution in [2.45, 2.75) is 19.0 Å². The first-order valence-electron chi connectivity index (χ1n) is 9.25. The fourth-order valence-electron chi connectivity index (χ4n) is 3.09. The molecule has 2 aromatic heterocycles. The van der Waals surface area contributed by atoms with Crippen LogP contribution < -0.4 is 9.80 Å². The van der Waals surface area contributed by atoms with Crippen molar-refractivity contribution in [2.75, 3.05) is 30.1 Å². The maximum Gasteiger partial charge on any atom is 0.314 e. The predicted octanol–water partition coefficient (Wildman–Crippen LogP) is 3.07. The minimum atomic E-state index is -2.83. The molecule has 0 unspecified atom stereocenters. The summed E-state index contributed by atoms with van der Waals surface area (Å²) in [6.45, 7) is 1.54. The van der Waals surface area contributed by atoms with Crippen LogP contribution in [0.2, 0.25) is 0 Å². The third-order valence-electron chi connectivity index (χ3n) is 4.90. The molecule has 156 valence electrons. The molecule has 1 saturated heterocycles. The Balaban J connectivity index is 1.52. The number of pyridine rings is 1. The molecule has 1 aliphatic rings. The lowest BCUT2D eigenvalue weighted by Crippen LogP contribution is -2.47. The van der Waals surface area contributed by atoms with E-state index in [1.54, 1.807) is 17.0 Å². The van der Waals surface area contributed by atoms with Gasteiger partial charge in [0.05, 0.1) is 48.4 Å². The average Bonchev–Trinajstić information content (AvgIpc) is 3.22. The van der Waals surface area contributed by atoms with E-state index in [0.29, 0.717) is 24.5 Å². The van der Waals surface area contributed by atoms with E-state index in [1.807, 2.05) is 31.3 Å². The van der Waals surface area contributed by atoms with Crippen molar-refractivity contribution in [3.8, 4) is 11.5 Å². The quantitative estimate of drug-likeness (QED) is 0.523. The highest BCUT2D eigenvalue weighted by Crippen LogP contribution is 2.31. The van der Waals surface area contributed by atoms with Gasteiger partial charge in [0.15, 0.2) is 0 Å². The number of hydrogen-bond donors (Lipinski definition) is 0. The minimum Gasteiger partial charge on any atom is -0.415 e. The molecule has 1 amide bonds. The van der Waals surface area contributed by atoms with E-state index in [-0.39, 0.29) is 18.5 Å². The van der Waals surface area contributed by atoms with Gasteiger partial charge in [-0.3, -0.25) is 9.78 Å². The lowest BCUT2D eigenvalue weighted by molar-refractivity contribution is -0.107. The highest BCUT2D eigenvalue weighted by molar-refractivity contribution is 5.84. The zero-order valence-electron chi connectivity index (χ0n) is 16.1. The number of hydrogen-bond acceptors (Lipinski definition) is 7. The summed E-state index contributed by atoms with van der Waals surface area (Å²) in [5.74, 6) is -0.773. The zero-order valence-corrected chi connectivity index (χ0v) is 16.1. The first kappa shape index (κ1) is 19.9. The monoisotopic (exact) mass is 415 g/mol. The standard InChI is InChI=1S/C20H19F2N5O3/c1-26(15-10-29-11-15)16-4-2-3-5-17(16)27(12-28)9-14-7-6-13(8-23-14)19-24-25-20(30-19)18(21)22/h2-8,12,15,18H,9-11H2,1H3. The second kappa shape index (κ2) is 8.54. The van der Waals surface area contributed by atoms with Gasteiger partial charge in [0.2, 0.25) is 12.3 Å². The summed E-state index contributed by atoms with van der Waals surface area (Å²) in [5.41, 5.74) is 2.70. The van der Waals surface area contributed by atoms with Crippen LogP contribution >= 0.6 is 0 Å². The van der Waals surface area contributed by atoms with Crippen LogP contribution in [-0.4, -0.2) is 47.9 Å². The van der Waals surface area contributed by atoms with Crippen LogP contribution in [0.4, 0.5) is 20.2 Å². The first-order chi connectivity index (χ1) is 14.6. The van der Waals surface area contributed by atoms with E-state index in [0.717, 1.165) is 17.8 Å². The smallest absolute Gasteiger partial charge is 0.314 e. The van der Waals surface area contributed by atoms with Crippen molar-refractivity contribution in [3.05, 3.63) is 54.2 Å². The number of halogens is 2. The van der Waals surface area contributed by atoms with Gasteiger partial charge in [-0.1, -0.05) is 12.1 Å². The molecule has 10 heteroatoms. The van der Waals surface area contributed by atoms with E-state index in [4.69, 9.17) is 9.15 Å². The summed E-state index contributed by atoms with van der Waals surface area (Å²) < 4.78 is 35.4. The third kappa shape index (κ3) is 3.99. The number of rotatable bonds is 8. The Morgan fingerprint density at radius 3 is 2.50 bits per heavy atom. The second-order valence-electron chi connectivity index (χ2n) is 6.81. The number of aromatic nitrogens is 3. The van der Waals surface area contributed by atoms with Gasteiger partial charge >= 0.3 is 6.43 Å². The van der Waals surface area contributed by atoms with Gasteiger partial charge in [0.1, 0.15) is 0 Å². The van der Waals surface area contributed by atoms with Crippen molar-refractivity contribution >= 4 is 17.8 Å². The van der Waals surface area contributed by atoms with Crippen molar-refractivity contribution in [3.63, 3.8) is 0 Å². The molecule has 3 heterocycles. The molecule has 1 fully saturated rings. The third-order valence-corrected chi connectivity index (χ3v) is 4.90. The average molecular weight is 415 g/mol. The fourth-order valence-corrected chi connectivity index (χ4v) is 3.09. The molecule has 1 aromatic carbocycles. The summed E-state index contributed by atoms with van der Waals surface area (Å²) in [6.07, 6.45) is -0.624. The lowest BCUT2D eigenvalue weighted by Gasteiger charge is -2.38. The maximum absolute atomic E-state index is 12.6. The van der Waals surface area contributed by atoms with Crippen LogP contribution in [0.25, 0.3) is 11.5 Å². The van der Waals surface area contributed by atoms with Gasteiger partial charge < -0.3 is 19.0 Å². The Morgan fingerprint density at radius 1 is 1.17 bits per heavy atom. The number of carbonyl (C=O) groups is 1. The van der Waals surface area contributed by atoms with Crippen LogP contribution in [0.3, 0.4) is 0 Å². The van der Waals surface area contributed by atoms with Crippen molar-refractivity contribution < 1.29 is 22.7 Å². The van der Waals surface area contributed by atoms with Gasteiger partial charge in [-0.25, -0.2) is 0 Å². The molecular formula is C20H19F2N5O3. The predicted molar refractivity (Wildman–Crippen MR) is 104 cm³/mol. The Morgan fingerprint density at radius 2 is 1.93 bits per heavy atom. The van der Waals surface area contributed by atoms with E-state index < -0.39 is 12.3 Å².